The van der Waals surface area contributed by atoms with Crippen LogP contribution >= 0.6 is 0 Å². The van der Waals surface area contributed by atoms with Crippen LogP contribution < -0.4 is 25.8 Å². The molecule has 5 aromatic rings. The number of amides is 1. The van der Waals surface area contributed by atoms with Gasteiger partial charge in [-0.1, -0.05) is 24.8 Å². The fourth-order valence-corrected chi connectivity index (χ4v) is 3.80. The van der Waals surface area contributed by atoms with E-state index in [4.69, 9.17) is 15.2 Å². The third kappa shape index (κ3) is 4.65. The second kappa shape index (κ2) is 10.2. The van der Waals surface area contributed by atoms with E-state index in [2.05, 4.69) is 42.4 Å². The highest BCUT2D eigenvalue weighted by Crippen LogP contribution is 2.41. The highest BCUT2D eigenvalue weighted by atomic mass is 16.5. The molecule has 3 aromatic heterocycles. The summed E-state index contributed by atoms with van der Waals surface area (Å²) in [7, 11) is 3.32. The van der Waals surface area contributed by atoms with Crippen molar-refractivity contribution in [1.82, 2.24) is 29.8 Å². The molecule has 0 bridgehead atoms. The smallest absolute Gasteiger partial charge is 0.322 e. The number of methoxy groups -OCH3 is 1. The van der Waals surface area contributed by atoms with Crippen LogP contribution in [0.25, 0.3) is 27.9 Å². The number of anilines is 3. The molecule has 0 aliphatic carbocycles. The summed E-state index contributed by atoms with van der Waals surface area (Å²) in [5.41, 5.74) is 11.0. The van der Waals surface area contributed by atoms with E-state index in [0.29, 0.717) is 34.0 Å². The van der Waals surface area contributed by atoms with Crippen LogP contribution in [0, 0.1) is 0 Å². The summed E-state index contributed by atoms with van der Waals surface area (Å²) >= 11 is 0. The normalized spacial score (nSPS) is 10.7. The van der Waals surface area contributed by atoms with E-state index in [9.17, 15) is 4.79 Å². The molecule has 4 N–H and O–H groups in total. The van der Waals surface area contributed by atoms with Crippen molar-refractivity contribution in [3.8, 4) is 39.9 Å². The first-order valence-corrected chi connectivity index (χ1v) is 11.4. The molecule has 12 heteroatoms. The Morgan fingerprint density at radius 3 is 2.45 bits per heavy atom. The number of nitrogens with zero attached hydrogens (tertiary/aromatic N) is 6. The van der Waals surface area contributed by atoms with Crippen LogP contribution in [0.3, 0.4) is 0 Å². The van der Waals surface area contributed by atoms with Gasteiger partial charge >= 0.3 is 6.01 Å². The molecule has 190 valence electrons. The average molecular weight is 510 g/mol. The SMILES string of the molecule is C=CC(=O)Nc1ccc(-c2nn3ncnc(N)c3c2-c2ccc(Oc3ncc(NC)cn3)c(OC)c2)cc1. The highest BCUT2D eigenvalue weighted by molar-refractivity contribution is 5.99. The Labute approximate surface area is 217 Å². The van der Waals surface area contributed by atoms with Crippen LogP contribution in [-0.2, 0) is 4.79 Å². The summed E-state index contributed by atoms with van der Waals surface area (Å²) in [5, 5.41) is 14.6. The molecule has 0 atom stereocenters. The molecule has 0 saturated heterocycles. The van der Waals surface area contributed by atoms with Crippen molar-refractivity contribution >= 4 is 28.6 Å². The lowest BCUT2D eigenvalue weighted by Crippen LogP contribution is -2.06. The highest BCUT2D eigenvalue weighted by Gasteiger charge is 2.21. The fraction of sp³-hybridized carbons (Fsp3) is 0.0769. The quantitative estimate of drug-likeness (QED) is 0.263. The van der Waals surface area contributed by atoms with Crippen molar-refractivity contribution in [2.75, 3.05) is 30.5 Å². The number of nitrogens with one attached hydrogen (secondary N) is 2. The van der Waals surface area contributed by atoms with Crippen molar-refractivity contribution in [3.63, 3.8) is 0 Å². The van der Waals surface area contributed by atoms with Gasteiger partial charge in [-0.15, -0.1) is 14.8 Å². The Morgan fingerprint density at radius 1 is 1.03 bits per heavy atom. The fourth-order valence-electron chi connectivity index (χ4n) is 3.80. The summed E-state index contributed by atoms with van der Waals surface area (Å²) in [5.74, 6) is 0.845. The first-order chi connectivity index (χ1) is 18.5. The van der Waals surface area contributed by atoms with Gasteiger partial charge in [0.1, 0.15) is 17.5 Å². The van der Waals surface area contributed by atoms with Gasteiger partial charge in [-0.2, -0.15) is 0 Å². The van der Waals surface area contributed by atoms with Crippen molar-refractivity contribution in [2.24, 2.45) is 0 Å². The molecule has 0 aliphatic heterocycles. The van der Waals surface area contributed by atoms with E-state index in [1.54, 1.807) is 44.8 Å². The molecular weight excluding hydrogens is 486 g/mol. The van der Waals surface area contributed by atoms with E-state index in [1.807, 2.05) is 24.3 Å². The minimum absolute atomic E-state index is 0.174. The van der Waals surface area contributed by atoms with Crippen LogP contribution in [0.2, 0.25) is 0 Å². The van der Waals surface area contributed by atoms with Gasteiger partial charge in [0, 0.05) is 23.9 Å². The Balaban J connectivity index is 1.58. The monoisotopic (exact) mass is 509 g/mol. The maximum Gasteiger partial charge on any atom is 0.322 e. The number of rotatable bonds is 8. The predicted molar refractivity (Wildman–Crippen MR) is 143 cm³/mol. The minimum atomic E-state index is -0.299. The lowest BCUT2D eigenvalue weighted by molar-refractivity contribution is -0.111. The van der Waals surface area contributed by atoms with Crippen LogP contribution in [0.4, 0.5) is 17.2 Å². The molecule has 0 radical (unpaired) electrons. The molecule has 0 unspecified atom stereocenters. The van der Waals surface area contributed by atoms with Gasteiger partial charge in [-0.3, -0.25) is 4.79 Å². The lowest BCUT2D eigenvalue weighted by Gasteiger charge is -2.12. The van der Waals surface area contributed by atoms with Gasteiger partial charge < -0.3 is 25.8 Å². The standard InChI is InChI=1S/C26H23N9O3/c1-4-21(36)33-17-8-5-15(6-9-17)23-22(24-25(27)31-14-32-35(24)34-23)16-7-10-19(20(11-16)37-3)38-26-29-12-18(28-2)13-30-26/h4-14,28H,1H2,2-3H3,(H,33,36)(H2,27,31,32). The maximum atomic E-state index is 11.7. The maximum absolute atomic E-state index is 11.7. The number of carbonyl (C=O) groups excluding carboxylic acids is 1. The molecule has 3 heterocycles. The van der Waals surface area contributed by atoms with Gasteiger partial charge in [-0.25, -0.2) is 15.0 Å². The molecule has 0 fully saturated rings. The molecule has 0 saturated carbocycles. The zero-order valence-corrected chi connectivity index (χ0v) is 20.5. The first kappa shape index (κ1) is 24.2. The van der Waals surface area contributed by atoms with E-state index in [-0.39, 0.29) is 17.7 Å². The molecule has 0 spiro atoms. The van der Waals surface area contributed by atoms with Crippen LogP contribution in [0.15, 0.2) is 73.8 Å². The molecular formula is C26H23N9O3. The second-order valence-corrected chi connectivity index (χ2v) is 7.95. The molecule has 2 aromatic carbocycles. The summed E-state index contributed by atoms with van der Waals surface area (Å²) in [6.45, 7) is 3.47. The van der Waals surface area contributed by atoms with Gasteiger partial charge in [-0.05, 0) is 35.9 Å². The largest absolute Gasteiger partial charge is 0.493 e. The van der Waals surface area contributed by atoms with Gasteiger partial charge in [0.05, 0.1) is 25.2 Å². The topological polar surface area (TPSA) is 154 Å². The zero-order chi connectivity index (χ0) is 26.6. The van der Waals surface area contributed by atoms with Gasteiger partial charge in [0.25, 0.3) is 0 Å². The van der Waals surface area contributed by atoms with E-state index in [0.717, 1.165) is 16.8 Å². The Kier molecular flexibility index (Phi) is 6.51. The van der Waals surface area contributed by atoms with Crippen molar-refractivity contribution < 1.29 is 14.3 Å². The lowest BCUT2D eigenvalue weighted by atomic mass is 9.99. The van der Waals surface area contributed by atoms with Crippen molar-refractivity contribution in [2.45, 2.75) is 0 Å². The number of nitrogen functional groups attached to an aromatic ring is 1. The van der Waals surface area contributed by atoms with Crippen LogP contribution in [-0.4, -0.2) is 49.8 Å². The van der Waals surface area contributed by atoms with E-state index >= 15 is 0 Å². The summed E-state index contributed by atoms with van der Waals surface area (Å²) in [4.78, 5) is 24.2. The number of fused-ring (bicyclic) bond motifs is 1. The molecule has 38 heavy (non-hydrogen) atoms. The Morgan fingerprint density at radius 2 is 1.76 bits per heavy atom. The molecule has 5 rings (SSSR count). The molecule has 0 aliphatic rings. The van der Waals surface area contributed by atoms with Gasteiger partial charge in [0.2, 0.25) is 5.91 Å². The van der Waals surface area contributed by atoms with E-state index in [1.165, 1.54) is 17.0 Å². The molecule has 1 amide bonds. The predicted octanol–water partition coefficient (Wildman–Crippen LogP) is 3.80. The number of aromatic nitrogens is 6. The number of benzene rings is 2. The second-order valence-electron chi connectivity index (χ2n) is 7.95. The van der Waals surface area contributed by atoms with E-state index < -0.39 is 0 Å². The van der Waals surface area contributed by atoms with Crippen LogP contribution in [0.5, 0.6) is 17.5 Å². The zero-order valence-electron chi connectivity index (χ0n) is 20.5. The number of nitrogens with two attached hydrogens (primary N) is 1. The minimum Gasteiger partial charge on any atom is -0.493 e. The Hall–Kier alpha value is -5.52. The Bertz CT molecular complexity index is 1630. The summed E-state index contributed by atoms with van der Waals surface area (Å²) in [6, 6.07) is 12.8. The number of carbonyl (C=O) groups is 1. The third-order valence-corrected chi connectivity index (χ3v) is 5.65. The van der Waals surface area contributed by atoms with Gasteiger partial charge in [0.15, 0.2) is 17.3 Å². The van der Waals surface area contributed by atoms with Crippen LogP contribution in [0.1, 0.15) is 0 Å². The number of hydrogen-bond donors (Lipinski definition) is 3. The third-order valence-electron chi connectivity index (χ3n) is 5.65. The molecule has 12 nitrogen and oxygen atoms in total. The number of hydrogen-bond acceptors (Lipinski definition) is 10. The summed E-state index contributed by atoms with van der Waals surface area (Å²) < 4.78 is 12.9. The van der Waals surface area contributed by atoms with Crippen molar-refractivity contribution in [3.05, 3.63) is 73.8 Å². The first-order valence-electron chi connectivity index (χ1n) is 11.4. The van der Waals surface area contributed by atoms with Crippen molar-refractivity contribution in [1.29, 1.82) is 0 Å². The summed E-state index contributed by atoms with van der Waals surface area (Å²) in [6.07, 6.45) is 5.78. The number of ether oxygens (including phenoxy) is 2. The average Bonchev–Trinajstić information content (AvgIpc) is 3.35.